The van der Waals surface area contributed by atoms with E-state index < -0.39 is 34.3 Å². The van der Waals surface area contributed by atoms with Crippen LogP contribution in [0.5, 0.6) is 5.88 Å². The second kappa shape index (κ2) is 6.24. The summed E-state index contributed by atoms with van der Waals surface area (Å²) in [6.07, 6.45) is 0.644. The van der Waals surface area contributed by atoms with Crippen molar-refractivity contribution in [2.45, 2.75) is 24.8 Å². The molecule has 2 N–H and O–H groups in total. The Labute approximate surface area is 155 Å². The molecule has 1 saturated heterocycles. The second-order valence-electron chi connectivity index (χ2n) is 6.48. The molecule has 2 unspecified atom stereocenters. The molecule has 0 bridgehead atoms. The molecule has 11 heteroatoms. The van der Waals surface area contributed by atoms with E-state index in [9.17, 15) is 18.0 Å². The van der Waals surface area contributed by atoms with Gasteiger partial charge in [-0.25, -0.2) is 18.2 Å². The Morgan fingerprint density at radius 2 is 2.04 bits per heavy atom. The summed E-state index contributed by atoms with van der Waals surface area (Å²) in [7, 11) is 0. The smallest absolute Gasteiger partial charge is 0.265 e. The molecular formula is C15H13Cl2F3N4O2. The number of aromatic nitrogens is 3. The van der Waals surface area contributed by atoms with Crippen LogP contribution in [0.2, 0.25) is 10.4 Å². The van der Waals surface area contributed by atoms with Gasteiger partial charge in [-0.15, -0.1) is 0 Å². The van der Waals surface area contributed by atoms with E-state index >= 15 is 0 Å². The maximum atomic E-state index is 14.1. The molecule has 0 radical (unpaired) electrons. The Hall–Kier alpha value is -1.58. The molecule has 1 aliphatic heterocycles. The van der Waals surface area contributed by atoms with Gasteiger partial charge in [0.2, 0.25) is 11.2 Å². The van der Waals surface area contributed by atoms with Gasteiger partial charge in [0.15, 0.2) is 11.0 Å². The van der Waals surface area contributed by atoms with Crippen molar-refractivity contribution in [2.75, 3.05) is 13.2 Å². The maximum Gasteiger partial charge on any atom is 0.265 e. The molecule has 4 rings (SSSR count). The van der Waals surface area contributed by atoms with Crippen LogP contribution in [-0.2, 0) is 0 Å². The van der Waals surface area contributed by atoms with E-state index in [0.29, 0.717) is 13.0 Å². The topological polar surface area (TPSA) is 79.9 Å². The molecule has 26 heavy (non-hydrogen) atoms. The Kier molecular flexibility index (Phi) is 4.28. The largest absolute Gasteiger partial charge is 0.475 e. The molecular weight excluding hydrogens is 396 g/mol. The number of hydrogen-bond acceptors (Lipinski definition) is 5. The average Bonchev–Trinajstić information content (AvgIpc) is 3.17. The number of alkyl halides is 2. The highest BCUT2D eigenvalue weighted by molar-refractivity contribution is 6.30. The van der Waals surface area contributed by atoms with E-state index in [1.165, 1.54) is 0 Å². The molecule has 0 amide bonds. The lowest BCUT2D eigenvalue weighted by Crippen LogP contribution is -2.36. The first-order valence-corrected chi connectivity index (χ1v) is 8.73. The van der Waals surface area contributed by atoms with Crippen LogP contribution in [0.3, 0.4) is 0 Å². The summed E-state index contributed by atoms with van der Waals surface area (Å²) < 4.78 is 46.9. The molecule has 2 aromatic heterocycles. The fourth-order valence-electron chi connectivity index (χ4n) is 3.51. The molecule has 1 saturated carbocycles. The standard InChI is InChI=1S/C15H13Cl2F3N4O2/c16-11-9(18)10-8(12(25)24-14(17)22-10)13(23-11)26-4-5-3-7-6(1-2-21-5)15(7,19)20/h5-7,21H,1-4H2,(H,22,24,25)/t5-,6?,7?/m0/s1. The number of pyridine rings is 1. The maximum absolute atomic E-state index is 14.1. The van der Waals surface area contributed by atoms with Gasteiger partial charge in [0.1, 0.15) is 17.5 Å². The van der Waals surface area contributed by atoms with Crippen LogP contribution in [0.25, 0.3) is 10.9 Å². The van der Waals surface area contributed by atoms with Gasteiger partial charge in [-0.3, -0.25) is 9.78 Å². The number of ether oxygens (including phenoxy) is 1. The van der Waals surface area contributed by atoms with Crippen molar-refractivity contribution in [2.24, 2.45) is 11.8 Å². The first kappa shape index (κ1) is 17.8. The first-order valence-electron chi connectivity index (χ1n) is 7.97. The first-order chi connectivity index (χ1) is 12.3. The molecule has 2 fully saturated rings. The quantitative estimate of drug-likeness (QED) is 0.602. The van der Waals surface area contributed by atoms with Crippen LogP contribution >= 0.6 is 23.2 Å². The average molecular weight is 409 g/mol. The molecule has 0 aromatic carbocycles. The molecule has 0 spiro atoms. The monoisotopic (exact) mass is 408 g/mol. The van der Waals surface area contributed by atoms with Crippen molar-refractivity contribution in [3.8, 4) is 5.88 Å². The van der Waals surface area contributed by atoms with E-state index in [1.807, 2.05) is 0 Å². The van der Waals surface area contributed by atoms with Crippen molar-refractivity contribution in [3.63, 3.8) is 0 Å². The van der Waals surface area contributed by atoms with Crippen LogP contribution in [0, 0.1) is 17.7 Å². The minimum atomic E-state index is -2.62. The lowest BCUT2D eigenvalue weighted by atomic mass is 10.1. The van der Waals surface area contributed by atoms with Crippen LogP contribution in [0.15, 0.2) is 4.79 Å². The third-order valence-corrected chi connectivity index (χ3v) is 5.34. The van der Waals surface area contributed by atoms with Crippen molar-refractivity contribution < 1.29 is 17.9 Å². The third kappa shape index (κ3) is 2.91. The van der Waals surface area contributed by atoms with Gasteiger partial charge in [0.05, 0.1) is 0 Å². The summed E-state index contributed by atoms with van der Waals surface area (Å²) in [5, 5.41) is 2.07. The number of aromatic amines is 1. The zero-order chi connectivity index (χ0) is 18.6. The number of nitrogens with one attached hydrogen (secondary N) is 2. The minimum absolute atomic E-state index is 0.0224. The summed E-state index contributed by atoms with van der Waals surface area (Å²) in [6, 6.07) is -0.349. The van der Waals surface area contributed by atoms with Gasteiger partial charge < -0.3 is 10.1 Å². The summed E-state index contributed by atoms with van der Waals surface area (Å²) in [5.74, 6) is -5.09. The third-order valence-electron chi connectivity index (χ3n) is 4.91. The highest BCUT2D eigenvalue weighted by Crippen LogP contribution is 2.59. The summed E-state index contributed by atoms with van der Waals surface area (Å²) in [4.78, 5) is 21.8. The summed E-state index contributed by atoms with van der Waals surface area (Å²) in [6.45, 7) is 0.423. The van der Waals surface area contributed by atoms with Crippen LogP contribution < -0.4 is 15.6 Å². The number of halogens is 5. The van der Waals surface area contributed by atoms with E-state index in [0.717, 1.165) is 0 Å². The fraction of sp³-hybridized carbons (Fsp3) is 0.533. The predicted octanol–water partition coefficient (Wildman–Crippen LogP) is 2.78. The van der Waals surface area contributed by atoms with Crippen LogP contribution in [0.1, 0.15) is 12.8 Å². The summed E-state index contributed by atoms with van der Waals surface area (Å²) in [5.41, 5.74) is -1.10. The van der Waals surface area contributed by atoms with E-state index in [2.05, 4.69) is 20.3 Å². The van der Waals surface area contributed by atoms with E-state index in [-0.39, 0.29) is 41.1 Å². The van der Waals surface area contributed by atoms with Crippen LogP contribution in [0.4, 0.5) is 13.2 Å². The van der Waals surface area contributed by atoms with Crippen LogP contribution in [-0.4, -0.2) is 40.1 Å². The number of nitrogens with zero attached hydrogens (tertiary/aromatic N) is 2. The molecule has 2 aliphatic rings. The number of rotatable bonds is 3. The molecule has 2 aromatic rings. The molecule has 3 atom stereocenters. The number of H-pyrrole nitrogens is 1. The second-order valence-corrected chi connectivity index (χ2v) is 7.19. The normalized spacial score (nSPS) is 27.0. The van der Waals surface area contributed by atoms with Gasteiger partial charge in [-0.2, -0.15) is 4.98 Å². The molecule has 140 valence electrons. The van der Waals surface area contributed by atoms with Gasteiger partial charge in [0.25, 0.3) is 11.5 Å². The minimum Gasteiger partial charge on any atom is -0.475 e. The lowest BCUT2D eigenvalue weighted by Gasteiger charge is -2.18. The molecule has 3 heterocycles. The number of fused-ring (bicyclic) bond motifs is 2. The lowest BCUT2D eigenvalue weighted by molar-refractivity contribution is 0.0743. The molecule has 6 nitrogen and oxygen atoms in total. The Morgan fingerprint density at radius 1 is 1.27 bits per heavy atom. The van der Waals surface area contributed by atoms with Crippen molar-refractivity contribution >= 4 is 34.1 Å². The predicted molar refractivity (Wildman–Crippen MR) is 88.6 cm³/mol. The van der Waals surface area contributed by atoms with Crippen molar-refractivity contribution in [3.05, 3.63) is 26.6 Å². The van der Waals surface area contributed by atoms with Gasteiger partial charge >= 0.3 is 0 Å². The van der Waals surface area contributed by atoms with Crippen molar-refractivity contribution in [1.82, 2.24) is 20.3 Å². The zero-order valence-corrected chi connectivity index (χ0v) is 14.7. The zero-order valence-electron chi connectivity index (χ0n) is 13.2. The highest BCUT2D eigenvalue weighted by atomic mass is 35.5. The fourth-order valence-corrected chi connectivity index (χ4v) is 3.85. The Balaban J connectivity index is 1.60. The SMILES string of the molecule is O=c1[nH]c(Cl)nc2c(F)c(Cl)nc(OC[C@@H]3CC4C(CCN3)C4(F)F)c12. The van der Waals surface area contributed by atoms with Gasteiger partial charge in [0, 0.05) is 17.9 Å². The number of hydrogen-bond donors (Lipinski definition) is 2. The molecule has 1 aliphatic carbocycles. The van der Waals surface area contributed by atoms with E-state index in [4.69, 9.17) is 27.9 Å². The Bertz CT molecular complexity index is 939. The van der Waals surface area contributed by atoms with E-state index in [1.54, 1.807) is 0 Å². The van der Waals surface area contributed by atoms with Gasteiger partial charge in [-0.1, -0.05) is 11.6 Å². The van der Waals surface area contributed by atoms with Crippen molar-refractivity contribution in [1.29, 1.82) is 0 Å². The summed E-state index contributed by atoms with van der Waals surface area (Å²) >= 11 is 11.4. The Morgan fingerprint density at radius 3 is 2.81 bits per heavy atom. The van der Waals surface area contributed by atoms with Gasteiger partial charge in [-0.05, 0) is 31.0 Å². The highest BCUT2D eigenvalue weighted by Gasteiger charge is 2.67.